The van der Waals surface area contributed by atoms with Crippen molar-refractivity contribution >= 4 is 40.8 Å². The number of halogens is 2. The largest absolute Gasteiger partial charge is 0.480 e. The molecule has 0 saturated heterocycles. The van der Waals surface area contributed by atoms with Gasteiger partial charge in [0.05, 0.1) is 6.61 Å². The van der Waals surface area contributed by atoms with Crippen molar-refractivity contribution < 1.29 is 19.8 Å². The number of aliphatic carboxylic acids is 1. The fourth-order valence-electron chi connectivity index (χ4n) is 2.65. The number of alkyl halides is 2. The van der Waals surface area contributed by atoms with Crippen molar-refractivity contribution in [2.45, 2.75) is 45.1 Å². The Bertz CT molecular complexity index is 580. The van der Waals surface area contributed by atoms with Crippen molar-refractivity contribution in [3.63, 3.8) is 0 Å². The average molecular weight is 464 g/mol. The number of carbonyl (C=O) groups is 2. The van der Waals surface area contributed by atoms with Crippen LogP contribution in [0.25, 0.3) is 0 Å². The molecule has 0 aliphatic rings. The van der Waals surface area contributed by atoms with Gasteiger partial charge in [-0.15, -0.1) is 23.2 Å². The second-order valence-corrected chi connectivity index (χ2v) is 7.42. The molecule has 0 aromatic heterocycles. The minimum atomic E-state index is -1.02. The van der Waals surface area contributed by atoms with Gasteiger partial charge >= 0.3 is 5.97 Å². The summed E-state index contributed by atoms with van der Waals surface area (Å²) in [5.74, 6) is -0.227. The lowest BCUT2D eigenvalue weighted by atomic mass is 10.0. The van der Waals surface area contributed by atoms with E-state index in [1.165, 1.54) is 0 Å². The number of aliphatic hydroxyl groups is 1. The minimum absolute atomic E-state index is 0.0972. The number of hydrogen-bond acceptors (Lipinski definition) is 5. The number of carboxylic acid groups (broad SMARTS) is 1. The molecule has 1 amide bonds. The van der Waals surface area contributed by atoms with Crippen LogP contribution in [0.1, 0.15) is 38.2 Å². The molecule has 7 nitrogen and oxygen atoms in total. The van der Waals surface area contributed by atoms with Gasteiger partial charge in [-0.05, 0) is 24.1 Å². The molecule has 0 saturated carbocycles. The quantitative estimate of drug-likeness (QED) is 0.249. The van der Waals surface area contributed by atoms with E-state index in [-0.39, 0.29) is 18.9 Å². The average Bonchev–Trinajstić information content (AvgIpc) is 2.74. The SMILES string of the molecule is CCCCCC(=O)N[C@@H](Cc1ccc(N(CCCl)CCCl)cc1)C(=O)O.NCCO. The van der Waals surface area contributed by atoms with E-state index in [0.717, 1.165) is 30.5 Å². The first-order valence-corrected chi connectivity index (χ1v) is 11.3. The summed E-state index contributed by atoms with van der Waals surface area (Å²) in [6.07, 6.45) is 3.38. The number of nitrogens with zero attached hydrogens (tertiary/aromatic N) is 1. The lowest BCUT2D eigenvalue weighted by molar-refractivity contribution is -0.141. The number of nitrogens with one attached hydrogen (secondary N) is 1. The topological polar surface area (TPSA) is 116 Å². The molecule has 30 heavy (non-hydrogen) atoms. The lowest BCUT2D eigenvalue weighted by Crippen LogP contribution is -2.42. The van der Waals surface area contributed by atoms with Crippen LogP contribution in [-0.2, 0) is 16.0 Å². The highest BCUT2D eigenvalue weighted by Gasteiger charge is 2.20. The van der Waals surface area contributed by atoms with E-state index in [0.29, 0.717) is 37.8 Å². The van der Waals surface area contributed by atoms with Crippen LogP contribution in [0.4, 0.5) is 5.69 Å². The molecule has 0 radical (unpaired) electrons. The molecule has 0 bridgehead atoms. The van der Waals surface area contributed by atoms with Gasteiger partial charge in [0, 0.05) is 49.9 Å². The number of benzene rings is 1. The summed E-state index contributed by atoms with van der Waals surface area (Å²) in [5, 5.41) is 19.8. The second-order valence-electron chi connectivity index (χ2n) is 6.66. The van der Waals surface area contributed by atoms with Crippen LogP contribution in [0.5, 0.6) is 0 Å². The molecule has 0 spiro atoms. The number of unbranched alkanes of at least 4 members (excludes halogenated alkanes) is 2. The first-order chi connectivity index (χ1) is 14.4. The number of hydrogen-bond donors (Lipinski definition) is 4. The van der Waals surface area contributed by atoms with E-state index in [4.69, 9.17) is 34.0 Å². The van der Waals surface area contributed by atoms with Crippen molar-refractivity contribution in [2.24, 2.45) is 5.73 Å². The van der Waals surface area contributed by atoms with Gasteiger partial charge in [0.1, 0.15) is 6.04 Å². The Morgan fingerprint density at radius 2 is 1.70 bits per heavy atom. The van der Waals surface area contributed by atoms with Crippen LogP contribution in [0, 0.1) is 0 Å². The van der Waals surface area contributed by atoms with Crippen LogP contribution in [0.3, 0.4) is 0 Å². The summed E-state index contributed by atoms with van der Waals surface area (Å²) in [6, 6.07) is 6.69. The summed E-state index contributed by atoms with van der Waals surface area (Å²) in [6.45, 7) is 3.92. The Balaban J connectivity index is 0.00000192. The predicted octanol–water partition coefficient (Wildman–Crippen LogP) is 2.60. The van der Waals surface area contributed by atoms with Gasteiger partial charge in [-0.3, -0.25) is 4.79 Å². The molecule has 0 aliphatic carbocycles. The maximum absolute atomic E-state index is 11.9. The molecule has 172 valence electrons. The van der Waals surface area contributed by atoms with E-state index in [9.17, 15) is 14.7 Å². The van der Waals surface area contributed by atoms with Crippen LogP contribution in [0.2, 0.25) is 0 Å². The number of carbonyl (C=O) groups excluding carboxylic acids is 1. The maximum atomic E-state index is 11.9. The van der Waals surface area contributed by atoms with Gasteiger partial charge in [0.2, 0.25) is 5.91 Å². The van der Waals surface area contributed by atoms with Crippen LogP contribution < -0.4 is 16.0 Å². The molecule has 9 heteroatoms. The highest BCUT2D eigenvalue weighted by atomic mass is 35.5. The fraction of sp³-hybridized carbons (Fsp3) is 0.619. The van der Waals surface area contributed by atoms with Crippen molar-refractivity contribution in [3.8, 4) is 0 Å². The lowest BCUT2D eigenvalue weighted by Gasteiger charge is -2.23. The van der Waals surface area contributed by atoms with E-state index in [1.54, 1.807) is 0 Å². The highest BCUT2D eigenvalue weighted by molar-refractivity contribution is 6.18. The highest BCUT2D eigenvalue weighted by Crippen LogP contribution is 2.17. The molecular formula is C21H35Cl2N3O4. The third kappa shape index (κ3) is 12.9. The third-order valence-corrected chi connectivity index (χ3v) is 4.56. The van der Waals surface area contributed by atoms with E-state index in [1.807, 2.05) is 24.3 Å². The predicted molar refractivity (Wildman–Crippen MR) is 124 cm³/mol. The Kier molecular flexibility index (Phi) is 17.3. The number of aliphatic hydroxyl groups excluding tert-OH is 1. The van der Waals surface area contributed by atoms with Gasteiger partial charge in [0.25, 0.3) is 0 Å². The van der Waals surface area contributed by atoms with Crippen molar-refractivity contribution in [2.75, 3.05) is 42.9 Å². The zero-order chi connectivity index (χ0) is 22.8. The number of rotatable bonds is 14. The standard InChI is InChI=1S/C19H28Cl2N2O3.C2H7NO/c1-2-3-4-5-18(24)22-17(19(25)26)14-15-6-8-16(9-7-15)23(12-10-20)13-11-21;3-1-2-4/h6-9,17H,2-5,10-14H2,1H3,(H,22,24)(H,25,26);4H,1-3H2/t17-;/m0./s1. The molecule has 5 N–H and O–H groups in total. The smallest absolute Gasteiger partial charge is 0.326 e. The summed E-state index contributed by atoms with van der Waals surface area (Å²) in [4.78, 5) is 25.4. The molecule has 1 rings (SSSR count). The molecule has 1 atom stereocenters. The number of carboxylic acids is 1. The summed E-state index contributed by atoms with van der Waals surface area (Å²) in [5.41, 5.74) is 6.62. The Morgan fingerprint density at radius 1 is 1.13 bits per heavy atom. The zero-order valence-corrected chi connectivity index (χ0v) is 19.2. The second kappa shape index (κ2) is 18.2. The van der Waals surface area contributed by atoms with Crippen molar-refractivity contribution in [3.05, 3.63) is 29.8 Å². The molecule has 1 aromatic carbocycles. The zero-order valence-electron chi connectivity index (χ0n) is 17.7. The third-order valence-electron chi connectivity index (χ3n) is 4.22. The molecule has 0 unspecified atom stereocenters. The first-order valence-electron chi connectivity index (χ1n) is 10.2. The van der Waals surface area contributed by atoms with Crippen LogP contribution in [0.15, 0.2) is 24.3 Å². The van der Waals surface area contributed by atoms with Crippen LogP contribution >= 0.6 is 23.2 Å². The molecule has 1 aromatic rings. The van der Waals surface area contributed by atoms with E-state index >= 15 is 0 Å². The Labute approximate surface area is 189 Å². The number of nitrogens with two attached hydrogens (primary N) is 1. The molecule has 0 aliphatic heterocycles. The monoisotopic (exact) mass is 463 g/mol. The summed E-state index contributed by atoms with van der Waals surface area (Å²) < 4.78 is 0. The maximum Gasteiger partial charge on any atom is 0.326 e. The van der Waals surface area contributed by atoms with Gasteiger partial charge in [-0.2, -0.15) is 0 Å². The Morgan fingerprint density at radius 3 is 2.13 bits per heavy atom. The van der Waals surface area contributed by atoms with E-state index in [2.05, 4.69) is 17.1 Å². The van der Waals surface area contributed by atoms with E-state index < -0.39 is 12.0 Å². The number of amides is 1. The molecular weight excluding hydrogens is 429 g/mol. The first kappa shape index (κ1) is 28.5. The van der Waals surface area contributed by atoms with Crippen molar-refractivity contribution in [1.82, 2.24) is 5.32 Å². The van der Waals surface area contributed by atoms with Crippen molar-refractivity contribution in [1.29, 1.82) is 0 Å². The molecule has 0 fully saturated rings. The van der Waals surface area contributed by atoms with Gasteiger partial charge in [-0.25, -0.2) is 4.79 Å². The fourth-order valence-corrected chi connectivity index (χ4v) is 3.06. The summed E-state index contributed by atoms with van der Waals surface area (Å²) >= 11 is 11.6. The number of anilines is 1. The molecule has 0 heterocycles. The summed E-state index contributed by atoms with van der Waals surface area (Å²) in [7, 11) is 0. The minimum Gasteiger partial charge on any atom is -0.480 e. The normalized spacial score (nSPS) is 11.2. The van der Waals surface area contributed by atoms with Gasteiger partial charge in [-0.1, -0.05) is 31.9 Å². The van der Waals surface area contributed by atoms with Gasteiger partial charge < -0.3 is 26.2 Å². The van der Waals surface area contributed by atoms with Gasteiger partial charge in [0.15, 0.2) is 0 Å². The van der Waals surface area contributed by atoms with Crippen LogP contribution in [-0.4, -0.2) is 66.1 Å². The Hall–Kier alpha value is -1.54.